The van der Waals surface area contributed by atoms with E-state index in [0.717, 1.165) is 30.0 Å². The van der Waals surface area contributed by atoms with Crippen molar-refractivity contribution in [3.63, 3.8) is 0 Å². The van der Waals surface area contributed by atoms with Crippen molar-refractivity contribution in [1.82, 2.24) is 15.0 Å². The van der Waals surface area contributed by atoms with Crippen LogP contribution in [0.25, 0.3) is 0 Å². The van der Waals surface area contributed by atoms with Crippen LogP contribution in [0.15, 0.2) is 30.6 Å². The summed E-state index contributed by atoms with van der Waals surface area (Å²) in [6.45, 7) is 5.34. The summed E-state index contributed by atoms with van der Waals surface area (Å²) in [7, 11) is 0. The second-order valence-electron chi connectivity index (χ2n) is 4.41. The van der Waals surface area contributed by atoms with Crippen LogP contribution in [0.1, 0.15) is 31.7 Å². The van der Waals surface area contributed by atoms with Crippen molar-refractivity contribution in [3.05, 3.63) is 42.0 Å². The molecule has 2 heterocycles. The van der Waals surface area contributed by atoms with Gasteiger partial charge >= 0.3 is 0 Å². The summed E-state index contributed by atoms with van der Waals surface area (Å²) < 4.78 is 5.48. The Labute approximate surface area is 119 Å². The molecule has 0 aliphatic carbocycles. The fourth-order valence-corrected chi connectivity index (χ4v) is 1.82. The third-order valence-electron chi connectivity index (χ3n) is 2.71. The van der Waals surface area contributed by atoms with Gasteiger partial charge in [-0.15, -0.1) is 0 Å². The average molecular weight is 272 g/mol. The molecule has 106 valence electrons. The first kappa shape index (κ1) is 14.2. The quantitative estimate of drug-likeness (QED) is 0.839. The number of nitrogens with one attached hydrogen (secondary N) is 1. The van der Waals surface area contributed by atoms with Gasteiger partial charge in [0, 0.05) is 31.4 Å². The predicted molar refractivity (Wildman–Crippen MR) is 78.8 cm³/mol. The summed E-state index contributed by atoms with van der Waals surface area (Å²) in [5.74, 6) is 2.22. The second kappa shape index (κ2) is 7.43. The molecule has 5 heteroatoms. The predicted octanol–water partition coefficient (Wildman–Crippen LogP) is 2.83. The first-order valence-corrected chi connectivity index (χ1v) is 6.95. The molecule has 5 nitrogen and oxygen atoms in total. The van der Waals surface area contributed by atoms with Gasteiger partial charge in [0.05, 0.1) is 6.61 Å². The van der Waals surface area contributed by atoms with Gasteiger partial charge in [0.15, 0.2) is 0 Å². The monoisotopic (exact) mass is 272 g/mol. The minimum atomic E-state index is 0.602. The Kier molecular flexibility index (Phi) is 5.29. The molecular weight excluding hydrogens is 252 g/mol. The van der Waals surface area contributed by atoms with Crippen molar-refractivity contribution in [2.24, 2.45) is 0 Å². The molecular formula is C15H20N4O. The van der Waals surface area contributed by atoms with Gasteiger partial charge in [0.2, 0.25) is 5.88 Å². The summed E-state index contributed by atoms with van der Waals surface area (Å²) in [5, 5.41) is 3.29. The summed E-state index contributed by atoms with van der Waals surface area (Å²) in [5.41, 5.74) is 1.11. The molecule has 0 aromatic carbocycles. The number of hydrogen-bond acceptors (Lipinski definition) is 5. The van der Waals surface area contributed by atoms with Crippen molar-refractivity contribution < 1.29 is 4.74 Å². The van der Waals surface area contributed by atoms with E-state index in [1.807, 2.05) is 31.3 Å². The molecule has 20 heavy (non-hydrogen) atoms. The molecule has 0 saturated heterocycles. The van der Waals surface area contributed by atoms with Crippen LogP contribution in [0.4, 0.5) is 5.82 Å². The lowest BCUT2D eigenvalue weighted by Crippen LogP contribution is -2.06. The largest absolute Gasteiger partial charge is 0.478 e. The number of aromatic nitrogens is 3. The van der Waals surface area contributed by atoms with Crippen molar-refractivity contribution in [1.29, 1.82) is 0 Å². The Morgan fingerprint density at radius 2 is 2.15 bits per heavy atom. The first-order chi connectivity index (χ1) is 9.81. The van der Waals surface area contributed by atoms with E-state index < -0.39 is 0 Å². The maximum Gasteiger partial charge on any atom is 0.218 e. The standard InChI is InChI=1S/C15H20N4O/c1-3-6-13-18-14(9-15(19-13)20-4-2)17-11-12-7-5-8-16-10-12/h5,7-10H,3-4,6,11H2,1-2H3,(H,17,18,19). The number of ether oxygens (including phenoxy) is 1. The Morgan fingerprint density at radius 3 is 2.85 bits per heavy atom. The van der Waals surface area contributed by atoms with E-state index in [9.17, 15) is 0 Å². The van der Waals surface area contributed by atoms with Crippen LogP contribution >= 0.6 is 0 Å². The highest BCUT2D eigenvalue weighted by molar-refractivity contribution is 5.39. The van der Waals surface area contributed by atoms with E-state index >= 15 is 0 Å². The highest BCUT2D eigenvalue weighted by atomic mass is 16.5. The number of pyridine rings is 1. The zero-order chi connectivity index (χ0) is 14.2. The molecule has 0 amide bonds. The van der Waals surface area contributed by atoms with Crippen molar-refractivity contribution in [3.8, 4) is 5.88 Å². The smallest absolute Gasteiger partial charge is 0.218 e. The van der Waals surface area contributed by atoms with Crippen LogP contribution < -0.4 is 10.1 Å². The van der Waals surface area contributed by atoms with E-state index in [0.29, 0.717) is 19.0 Å². The number of rotatable bonds is 7. The van der Waals surface area contributed by atoms with E-state index in [1.54, 1.807) is 6.20 Å². The minimum Gasteiger partial charge on any atom is -0.478 e. The molecule has 0 unspecified atom stereocenters. The molecule has 0 radical (unpaired) electrons. The molecule has 2 aromatic rings. The van der Waals surface area contributed by atoms with Crippen molar-refractivity contribution >= 4 is 5.82 Å². The molecule has 0 atom stereocenters. The molecule has 0 bridgehead atoms. The van der Waals surface area contributed by atoms with Crippen LogP contribution in [0.2, 0.25) is 0 Å². The van der Waals surface area contributed by atoms with Gasteiger partial charge in [-0.25, -0.2) is 4.98 Å². The van der Waals surface area contributed by atoms with Crippen LogP contribution in [0.3, 0.4) is 0 Å². The topological polar surface area (TPSA) is 59.9 Å². The van der Waals surface area contributed by atoms with Crippen molar-refractivity contribution in [2.75, 3.05) is 11.9 Å². The molecule has 0 aliphatic heterocycles. The Hall–Kier alpha value is -2.17. The molecule has 0 spiro atoms. The van der Waals surface area contributed by atoms with Crippen molar-refractivity contribution in [2.45, 2.75) is 33.2 Å². The average Bonchev–Trinajstić information content (AvgIpc) is 2.47. The number of aryl methyl sites for hydroxylation is 1. The van der Waals surface area contributed by atoms with Crippen LogP contribution in [-0.4, -0.2) is 21.6 Å². The van der Waals surface area contributed by atoms with Crippen LogP contribution in [0.5, 0.6) is 5.88 Å². The van der Waals surface area contributed by atoms with Crippen LogP contribution in [0, 0.1) is 0 Å². The Balaban J connectivity index is 2.09. The summed E-state index contributed by atoms with van der Waals surface area (Å²) in [6, 6.07) is 5.78. The van der Waals surface area contributed by atoms with E-state index in [4.69, 9.17) is 4.74 Å². The maximum absolute atomic E-state index is 5.48. The number of hydrogen-bond donors (Lipinski definition) is 1. The SMILES string of the molecule is CCCc1nc(NCc2cccnc2)cc(OCC)n1. The molecule has 0 saturated carbocycles. The highest BCUT2D eigenvalue weighted by Crippen LogP contribution is 2.15. The van der Waals surface area contributed by atoms with E-state index in [2.05, 4.69) is 27.2 Å². The highest BCUT2D eigenvalue weighted by Gasteiger charge is 2.05. The van der Waals surface area contributed by atoms with Gasteiger partial charge in [-0.2, -0.15) is 4.98 Å². The zero-order valence-electron chi connectivity index (χ0n) is 12.0. The maximum atomic E-state index is 5.48. The Morgan fingerprint density at radius 1 is 1.25 bits per heavy atom. The normalized spacial score (nSPS) is 10.3. The lowest BCUT2D eigenvalue weighted by molar-refractivity contribution is 0.325. The number of nitrogens with zero attached hydrogens (tertiary/aromatic N) is 3. The zero-order valence-corrected chi connectivity index (χ0v) is 12.0. The minimum absolute atomic E-state index is 0.602. The molecule has 0 fully saturated rings. The lowest BCUT2D eigenvalue weighted by atomic mass is 10.3. The number of anilines is 1. The van der Waals surface area contributed by atoms with Gasteiger partial charge < -0.3 is 10.1 Å². The summed E-state index contributed by atoms with van der Waals surface area (Å²) >= 11 is 0. The van der Waals surface area contributed by atoms with Gasteiger partial charge in [-0.3, -0.25) is 4.98 Å². The Bertz CT molecular complexity index is 506. The molecule has 2 rings (SSSR count). The second-order valence-corrected chi connectivity index (χ2v) is 4.41. The lowest BCUT2D eigenvalue weighted by Gasteiger charge is -2.10. The van der Waals surface area contributed by atoms with Gasteiger partial charge in [-0.05, 0) is 25.0 Å². The third kappa shape index (κ3) is 4.19. The molecule has 0 aliphatic rings. The fraction of sp³-hybridized carbons (Fsp3) is 0.400. The molecule has 2 aromatic heterocycles. The molecule has 1 N–H and O–H groups in total. The van der Waals surface area contributed by atoms with Crippen LogP contribution in [-0.2, 0) is 13.0 Å². The fourth-order valence-electron chi connectivity index (χ4n) is 1.82. The van der Waals surface area contributed by atoms with Gasteiger partial charge in [0.1, 0.15) is 11.6 Å². The summed E-state index contributed by atoms with van der Waals surface area (Å²) in [4.78, 5) is 13.0. The first-order valence-electron chi connectivity index (χ1n) is 6.95. The van der Waals surface area contributed by atoms with Gasteiger partial charge in [0.25, 0.3) is 0 Å². The van der Waals surface area contributed by atoms with E-state index in [-0.39, 0.29) is 0 Å². The third-order valence-corrected chi connectivity index (χ3v) is 2.71. The van der Waals surface area contributed by atoms with E-state index in [1.165, 1.54) is 0 Å². The van der Waals surface area contributed by atoms with Gasteiger partial charge in [-0.1, -0.05) is 13.0 Å². The summed E-state index contributed by atoms with van der Waals surface area (Å²) in [6.07, 6.45) is 5.46.